The lowest BCUT2D eigenvalue weighted by Crippen LogP contribution is -2.32. The maximum atomic E-state index is 12.7. The fourth-order valence-corrected chi connectivity index (χ4v) is 3.24. The number of para-hydroxylation sites is 2. The highest BCUT2D eigenvalue weighted by Gasteiger charge is 2.18. The second-order valence-corrected chi connectivity index (χ2v) is 6.55. The molecule has 0 bridgehead atoms. The Morgan fingerprint density at radius 3 is 2.78 bits per heavy atom. The molecule has 8 heteroatoms. The molecule has 0 saturated carbocycles. The molecule has 0 radical (unpaired) electrons. The normalized spacial score (nSPS) is 16.6. The Morgan fingerprint density at radius 1 is 1.19 bits per heavy atom. The summed E-state index contributed by atoms with van der Waals surface area (Å²) in [6.45, 7) is 3.88. The number of rotatable bonds is 4. The van der Waals surface area contributed by atoms with Crippen molar-refractivity contribution < 1.29 is 4.79 Å². The van der Waals surface area contributed by atoms with Crippen LogP contribution in [-0.2, 0) is 0 Å². The van der Waals surface area contributed by atoms with Gasteiger partial charge in [-0.3, -0.25) is 9.48 Å². The number of nitrogens with one attached hydrogen (secondary N) is 2. The Bertz CT molecular complexity index is 912. The number of benzene rings is 1. The highest BCUT2D eigenvalue weighted by molar-refractivity contribution is 6.03. The first kappa shape index (κ1) is 19.1. The largest absolute Gasteiger partial charge is 0.319 e. The van der Waals surface area contributed by atoms with Gasteiger partial charge in [0.1, 0.15) is 0 Å². The van der Waals surface area contributed by atoms with Crippen LogP contribution < -0.4 is 10.6 Å². The van der Waals surface area contributed by atoms with Crippen LogP contribution in [0.1, 0.15) is 35.1 Å². The van der Waals surface area contributed by atoms with E-state index in [1.807, 2.05) is 54.3 Å². The van der Waals surface area contributed by atoms with Gasteiger partial charge in [-0.1, -0.05) is 12.1 Å². The molecule has 3 heterocycles. The summed E-state index contributed by atoms with van der Waals surface area (Å²) in [5, 5.41) is 15.2. The molecule has 2 N–H and O–H groups in total. The SMILES string of the molecule is Cc1ccn(-c2ccccc2NC(=O)c2ccn(C3CCCNC3)n2)n1.Cl. The number of nitrogens with zero attached hydrogens (tertiary/aromatic N) is 4. The maximum absolute atomic E-state index is 12.7. The van der Waals surface area contributed by atoms with Crippen LogP contribution in [0.4, 0.5) is 5.69 Å². The Morgan fingerprint density at radius 2 is 2.04 bits per heavy atom. The monoisotopic (exact) mass is 386 g/mol. The van der Waals surface area contributed by atoms with E-state index in [-0.39, 0.29) is 18.3 Å². The number of carbonyl (C=O) groups excluding carboxylic acids is 1. The molecule has 1 aliphatic rings. The van der Waals surface area contributed by atoms with Crippen molar-refractivity contribution in [3.8, 4) is 5.69 Å². The minimum absolute atomic E-state index is 0. The lowest BCUT2D eigenvalue weighted by Gasteiger charge is -2.22. The summed E-state index contributed by atoms with van der Waals surface area (Å²) in [6, 6.07) is 11.6. The van der Waals surface area contributed by atoms with Crippen LogP contribution in [0, 0.1) is 6.92 Å². The van der Waals surface area contributed by atoms with Gasteiger partial charge in [-0.25, -0.2) is 4.68 Å². The average molecular weight is 387 g/mol. The molecular formula is C19H23ClN6O. The standard InChI is InChI=1S/C19H22N6O.ClH/c1-14-8-11-25(22-14)18-7-3-2-6-16(18)21-19(26)17-9-12-24(23-17)15-5-4-10-20-13-15;/h2-3,6-9,11-12,15,20H,4-5,10,13H2,1H3,(H,21,26);1H. The second-order valence-electron chi connectivity index (χ2n) is 6.55. The summed E-state index contributed by atoms with van der Waals surface area (Å²) in [4.78, 5) is 12.7. The zero-order valence-electron chi connectivity index (χ0n) is 15.1. The van der Waals surface area contributed by atoms with Gasteiger partial charge < -0.3 is 10.6 Å². The molecular weight excluding hydrogens is 364 g/mol. The van der Waals surface area contributed by atoms with E-state index in [9.17, 15) is 4.79 Å². The van der Waals surface area contributed by atoms with Gasteiger partial charge in [-0.15, -0.1) is 12.4 Å². The van der Waals surface area contributed by atoms with Crippen LogP contribution in [0.15, 0.2) is 48.8 Å². The molecule has 0 spiro atoms. The molecule has 142 valence electrons. The molecule has 1 fully saturated rings. The molecule has 1 atom stereocenters. The van der Waals surface area contributed by atoms with Crippen LogP contribution in [0.25, 0.3) is 5.69 Å². The molecule has 4 rings (SSSR count). The lowest BCUT2D eigenvalue weighted by molar-refractivity contribution is 0.102. The van der Waals surface area contributed by atoms with Gasteiger partial charge in [0.2, 0.25) is 0 Å². The third-order valence-electron chi connectivity index (χ3n) is 4.61. The molecule has 0 aliphatic carbocycles. The van der Waals surface area contributed by atoms with Gasteiger partial charge in [0.25, 0.3) is 5.91 Å². The van der Waals surface area contributed by atoms with Gasteiger partial charge in [0.15, 0.2) is 5.69 Å². The van der Waals surface area contributed by atoms with Crippen LogP contribution >= 0.6 is 12.4 Å². The first-order valence-corrected chi connectivity index (χ1v) is 8.89. The predicted molar refractivity (Wildman–Crippen MR) is 107 cm³/mol. The number of aromatic nitrogens is 4. The van der Waals surface area contributed by atoms with E-state index in [0.717, 1.165) is 37.3 Å². The first-order chi connectivity index (χ1) is 12.7. The van der Waals surface area contributed by atoms with Gasteiger partial charge >= 0.3 is 0 Å². The maximum Gasteiger partial charge on any atom is 0.276 e. The zero-order chi connectivity index (χ0) is 17.9. The van der Waals surface area contributed by atoms with Crippen molar-refractivity contribution in [3.63, 3.8) is 0 Å². The molecule has 1 unspecified atom stereocenters. The van der Waals surface area contributed by atoms with E-state index in [1.165, 1.54) is 0 Å². The third kappa shape index (κ3) is 4.20. The number of anilines is 1. The quantitative estimate of drug-likeness (QED) is 0.722. The van der Waals surface area contributed by atoms with E-state index in [4.69, 9.17) is 0 Å². The zero-order valence-corrected chi connectivity index (χ0v) is 15.9. The van der Waals surface area contributed by atoms with Gasteiger partial charge in [-0.2, -0.15) is 10.2 Å². The van der Waals surface area contributed by atoms with Crippen molar-refractivity contribution in [1.82, 2.24) is 24.9 Å². The minimum atomic E-state index is -0.219. The van der Waals surface area contributed by atoms with E-state index < -0.39 is 0 Å². The van der Waals surface area contributed by atoms with Crippen molar-refractivity contribution in [1.29, 1.82) is 0 Å². The molecule has 27 heavy (non-hydrogen) atoms. The van der Waals surface area contributed by atoms with Crippen LogP contribution in [-0.4, -0.2) is 38.6 Å². The Balaban J connectivity index is 0.00000210. The predicted octanol–water partition coefficient (Wildman–Crippen LogP) is 2.98. The highest BCUT2D eigenvalue weighted by Crippen LogP contribution is 2.21. The Kier molecular flexibility index (Phi) is 5.93. The molecule has 3 aromatic rings. The van der Waals surface area contributed by atoms with Crippen molar-refractivity contribution >= 4 is 24.0 Å². The molecule has 2 aromatic heterocycles. The number of aryl methyl sites for hydroxylation is 1. The fourth-order valence-electron chi connectivity index (χ4n) is 3.24. The van der Waals surface area contributed by atoms with E-state index in [2.05, 4.69) is 20.8 Å². The number of hydrogen-bond donors (Lipinski definition) is 2. The van der Waals surface area contributed by atoms with E-state index >= 15 is 0 Å². The summed E-state index contributed by atoms with van der Waals surface area (Å²) in [5.41, 5.74) is 2.87. The highest BCUT2D eigenvalue weighted by atomic mass is 35.5. The van der Waals surface area contributed by atoms with Crippen LogP contribution in [0.5, 0.6) is 0 Å². The summed E-state index contributed by atoms with van der Waals surface area (Å²) in [5.74, 6) is -0.219. The number of carbonyl (C=O) groups is 1. The Labute approximate surface area is 164 Å². The summed E-state index contributed by atoms with van der Waals surface area (Å²) < 4.78 is 3.65. The Hall–Kier alpha value is -2.64. The molecule has 7 nitrogen and oxygen atoms in total. The number of hydrogen-bond acceptors (Lipinski definition) is 4. The molecule has 1 amide bonds. The van der Waals surface area contributed by atoms with Gasteiger partial charge in [0.05, 0.1) is 23.1 Å². The average Bonchev–Trinajstić information content (AvgIpc) is 3.32. The summed E-state index contributed by atoms with van der Waals surface area (Å²) in [7, 11) is 0. The van der Waals surface area contributed by atoms with Crippen LogP contribution in [0.3, 0.4) is 0 Å². The van der Waals surface area contributed by atoms with E-state index in [0.29, 0.717) is 17.4 Å². The minimum Gasteiger partial charge on any atom is -0.319 e. The van der Waals surface area contributed by atoms with Crippen molar-refractivity contribution in [3.05, 3.63) is 60.2 Å². The lowest BCUT2D eigenvalue weighted by atomic mass is 10.1. The molecule has 1 aromatic carbocycles. The van der Waals surface area contributed by atoms with Gasteiger partial charge in [0, 0.05) is 18.9 Å². The topological polar surface area (TPSA) is 76.8 Å². The number of piperidine rings is 1. The van der Waals surface area contributed by atoms with Crippen LogP contribution in [0.2, 0.25) is 0 Å². The third-order valence-corrected chi connectivity index (χ3v) is 4.61. The van der Waals surface area contributed by atoms with Gasteiger partial charge in [-0.05, 0) is 50.6 Å². The summed E-state index contributed by atoms with van der Waals surface area (Å²) >= 11 is 0. The van der Waals surface area contributed by atoms with Crippen molar-refractivity contribution in [2.75, 3.05) is 18.4 Å². The van der Waals surface area contributed by atoms with Crippen molar-refractivity contribution in [2.45, 2.75) is 25.8 Å². The first-order valence-electron chi connectivity index (χ1n) is 8.89. The second kappa shape index (κ2) is 8.37. The van der Waals surface area contributed by atoms with E-state index in [1.54, 1.807) is 10.7 Å². The number of halogens is 1. The smallest absolute Gasteiger partial charge is 0.276 e. The molecule has 1 aliphatic heterocycles. The van der Waals surface area contributed by atoms with Crippen molar-refractivity contribution in [2.24, 2.45) is 0 Å². The summed E-state index contributed by atoms with van der Waals surface area (Å²) in [6.07, 6.45) is 5.97. The molecule has 1 saturated heterocycles. The number of amides is 1. The fraction of sp³-hybridized carbons (Fsp3) is 0.316.